The van der Waals surface area contributed by atoms with Gasteiger partial charge in [0.15, 0.2) is 0 Å². The smallest absolute Gasteiger partial charge is 0.273 e. The summed E-state index contributed by atoms with van der Waals surface area (Å²) >= 11 is 11.9. The quantitative estimate of drug-likeness (QED) is 0.730. The summed E-state index contributed by atoms with van der Waals surface area (Å²) in [6.07, 6.45) is 1.63. The molecule has 3 aromatic rings. The maximum absolute atomic E-state index is 12.4. The van der Waals surface area contributed by atoms with Crippen LogP contribution in [0.3, 0.4) is 0 Å². The molecule has 2 N–H and O–H groups in total. The third-order valence-corrected chi connectivity index (χ3v) is 4.43. The number of hydrogen-bond donors (Lipinski definition) is 2. The van der Waals surface area contributed by atoms with E-state index in [9.17, 15) is 4.79 Å². The zero-order valence-corrected chi connectivity index (χ0v) is 14.6. The van der Waals surface area contributed by atoms with Crippen molar-refractivity contribution >= 4 is 34.8 Å². The number of hydrogen-bond acceptors (Lipinski definition) is 3. The van der Waals surface area contributed by atoms with Crippen molar-refractivity contribution < 1.29 is 4.79 Å². The maximum atomic E-state index is 12.4. The number of nitrogens with zero attached hydrogens (tertiary/aromatic N) is 3. The lowest BCUT2D eigenvalue weighted by Crippen LogP contribution is -2.13. The highest BCUT2D eigenvalue weighted by molar-refractivity contribution is 6.42. The van der Waals surface area contributed by atoms with E-state index in [0.29, 0.717) is 27.1 Å². The normalized spacial score (nSPS) is 10.8. The molecule has 0 fully saturated rings. The van der Waals surface area contributed by atoms with Crippen molar-refractivity contribution in [2.24, 2.45) is 0 Å². The summed E-state index contributed by atoms with van der Waals surface area (Å²) in [5.41, 5.74) is 3.30. The Balaban J connectivity index is 1.80. The summed E-state index contributed by atoms with van der Waals surface area (Å²) in [6, 6.07) is 6.85. The van der Waals surface area contributed by atoms with Crippen molar-refractivity contribution in [2.45, 2.75) is 20.4 Å². The fourth-order valence-corrected chi connectivity index (χ4v) is 2.62. The average molecular weight is 364 g/mol. The van der Waals surface area contributed by atoms with Crippen molar-refractivity contribution in [2.75, 3.05) is 5.32 Å². The molecule has 3 rings (SSSR count). The minimum absolute atomic E-state index is 0.285. The van der Waals surface area contributed by atoms with E-state index in [0.717, 1.165) is 17.8 Å². The number of carbonyl (C=O) groups excluding carboxylic acids is 1. The number of nitrogens with one attached hydrogen (secondary N) is 2. The van der Waals surface area contributed by atoms with Gasteiger partial charge in [-0.3, -0.25) is 14.6 Å². The van der Waals surface area contributed by atoms with Crippen molar-refractivity contribution in [3.05, 3.63) is 51.9 Å². The minimum atomic E-state index is -0.285. The molecule has 2 heterocycles. The summed E-state index contributed by atoms with van der Waals surface area (Å²) in [5.74, 6) is -0.285. The first-order valence-corrected chi connectivity index (χ1v) is 8.09. The van der Waals surface area contributed by atoms with Crippen molar-refractivity contribution in [1.29, 1.82) is 0 Å². The molecule has 0 aliphatic rings. The fourth-order valence-electron chi connectivity index (χ4n) is 2.32. The highest BCUT2D eigenvalue weighted by Gasteiger charge is 2.14. The number of carbonyl (C=O) groups is 1. The van der Waals surface area contributed by atoms with Crippen LogP contribution in [-0.4, -0.2) is 25.9 Å². The molecule has 2 aromatic heterocycles. The van der Waals surface area contributed by atoms with Crippen LogP contribution in [0.1, 0.15) is 23.1 Å². The molecule has 8 heteroatoms. The van der Waals surface area contributed by atoms with E-state index in [2.05, 4.69) is 20.6 Å². The minimum Gasteiger partial charge on any atom is -0.318 e. The predicted molar refractivity (Wildman–Crippen MR) is 94.6 cm³/mol. The Morgan fingerprint density at radius 2 is 2.08 bits per heavy atom. The van der Waals surface area contributed by atoms with E-state index in [1.165, 1.54) is 0 Å². The second-order valence-electron chi connectivity index (χ2n) is 5.21. The molecule has 0 aliphatic carbocycles. The van der Waals surface area contributed by atoms with Gasteiger partial charge in [-0.05, 0) is 32.0 Å². The number of H-pyrrole nitrogens is 1. The second kappa shape index (κ2) is 6.67. The lowest BCUT2D eigenvalue weighted by atomic mass is 10.1. The Morgan fingerprint density at radius 1 is 1.29 bits per heavy atom. The Kier molecular flexibility index (Phi) is 4.59. The predicted octanol–water partition coefficient (Wildman–Crippen LogP) is 4.16. The second-order valence-corrected chi connectivity index (χ2v) is 6.02. The topological polar surface area (TPSA) is 75.6 Å². The standard InChI is InChI=1S/C16H15Cl2N5O/c1-3-23-9(2)15(8-19-23)20-16(24)14-7-13(21-22-14)10-4-5-11(17)12(18)6-10/h4-8H,3H2,1-2H3,(H,20,24)(H,21,22). The largest absolute Gasteiger partial charge is 0.318 e. The van der Waals surface area contributed by atoms with E-state index in [4.69, 9.17) is 23.2 Å². The summed E-state index contributed by atoms with van der Waals surface area (Å²) in [5, 5.41) is 14.8. The molecular formula is C16H15Cl2N5O. The van der Waals surface area contributed by atoms with Crippen LogP contribution >= 0.6 is 23.2 Å². The number of amides is 1. The summed E-state index contributed by atoms with van der Waals surface area (Å²) in [6.45, 7) is 4.64. The molecule has 24 heavy (non-hydrogen) atoms. The van der Waals surface area contributed by atoms with Gasteiger partial charge in [-0.1, -0.05) is 29.3 Å². The Labute approximate surface area is 148 Å². The monoisotopic (exact) mass is 363 g/mol. The summed E-state index contributed by atoms with van der Waals surface area (Å²) in [7, 11) is 0. The average Bonchev–Trinajstić information content (AvgIpc) is 3.18. The lowest BCUT2D eigenvalue weighted by molar-refractivity contribution is 0.102. The van der Waals surface area contributed by atoms with Gasteiger partial charge in [0, 0.05) is 12.1 Å². The van der Waals surface area contributed by atoms with Crippen molar-refractivity contribution in [3.63, 3.8) is 0 Å². The molecule has 0 saturated carbocycles. The van der Waals surface area contributed by atoms with Gasteiger partial charge in [-0.25, -0.2) is 0 Å². The third kappa shape index (κ3) is 3.16. The zero-order chi connectivity index (χ0) is 17.3. The number of benzene rings is 1. The van der Waals surface area contributed by atoms with Crippen LogP contribution in [0.15, 0.2) is 30.5 Å². The highest BCUT2D eigenvalue weighted by Crippen LogP contribution is 2.28. The number of halogens is 2. The molecule has 0 atom stereocenters. The van der Waals surface area contributed by atoms with Gasteiger partial charge in [0.1, 0.15) is 5.69 Å². The maximum Gasteiger partial charge on any atom is 0.273 e. The van der Waals surface area contributed by atoms with Crippen LogP contribution in [-0.2, 0) is 6.54 Å². The lowest BCUT2D eigenvalue weighted by Gasteiger charge is -2.03. The van der Waals surface area contributed by atoms with Crippen LogP contribution < -0.4 is 5.32 Å². The van der Waals surface area contributed by atoms with Gasteiger partial charge < -0.3 is 5.32 Å². The first kappa shape index (κ1) is 16.5. The molecule has 0 unspecified atom stereocenters. The Bertz CT molecular complexity index is 900. The van der Waals surface area contributed by atoms with Crippen LogP contribution in [0.2, 0.25) is 10.0 Å². The van der Waals surface area contributed by atoms with Gasteiger partial charge in [0.05, 0.1) is 33.3 Å². The molecule has 6 nitrogen and oxygen atoms in total. The van der Waals surface area contributed by atoms with Crippen molar-refractivity contribution in [1.82, 2.24) is 20.0 Å². The van der Waals surface area contributed by atoms with Gasteiger partial charge in [-0.15, -0.1) is 0 Å². The first-order chi connectivity index (χ1) is 11.5. The highest BCUT2D eigenvalue weighted by atomic mass is 35.5. The third-order valence-electron chi connectivity index (χ3n) is 3.69. The first-order valence-electron chi connectivity index (χ1n) is 7.34. The SMILES string of the molecule is CCn1ncc(NC(=O)c2cc(-c3ccc(Cl)c(Cl)c3)n[nH]2)c1C. The summed E-state index contributed by atoms with van der Waals surface area (Å²) < 4.78 is 1.81. The molecule has 0 radical (unpaired) electrons. The number of anilines is 1. The molecule has 124 valence electrons. The molecule has 0 spiro atoms. The van der Waals surface area contributed by atoms with Gasteiger partial charge in [-0.2, -0.15) is 10.2 Å². The Morgan fingerprint density at radius 3 is 2.75 bits per heavy atom. The Hall–Kier alpha value is -2.31. The van der Waals surface area contributed by atoms with Crippen LogP contribution in [0.5, 0.6) is 0 Å². The zero-order valence-electron chi connectivity index (χ0n) is 13.1. The fraction of sp³-hybridized carbons (Fsp3) is 0.188. The number of rotatable bonds is 4. The number of aromatic amines is 1. The molecule has 1 amide bonds. The number of aromatic nitrogens is 4. The van der Waals surface area contributed by atoms with E-state index in [-0.39, 0.29) is 5.91 Å². The van der Waals surface area contributed by atoms with Gasteiger partial charge in [0.2, 0.25) is 0 Å². The molecule has 0 saturated heterocycles. The molecular weight excluding hydrogens is 349 g/mol. The van der Waals surface area contributed by atoms with E-state index in [1.807, 2.05) is 18.5 Å². The van der Waals surface area contributed by atoms with Crippen LogP contribution in [0, 0.1) is 6.92 Å². The van der Waals surface area contributed by atoms with Crippen molar-refractivity contribution in [3.8, 4) is 11.3 Å². The van der Waals surface area contributed by atoms with Crippen LogP contribution in [0.4, 0.5) is 5.69 Å². The summed E-state index contributed by atoms with van der Waals surface area (Å²) in [4.78, 5) is 12.4. The molecule has 1 aromatic carbocycles. The number of aryl methyl sites for hydroxylation is 1. The van der Waals surface area contributed by atoms with Gasteiger partial charge >= 0.3 is 0 Å². The van der Waals surface area contributed by atoms with Gasteiger partial charge in [0.25, 0.3) is 5.91 Å². The van der Waals surface area contributed by atoms with E-state index >= 15 is 0 Å². The molecule has 0 aliphatic heterocycles. The van der Waals surface area contributed by atoms with E-state index < -0.39 is 0 Å². The molecule has 0 bridgehead atoms. The van der Waals surface area contributed by atoms with Crippen LogP contribution in [0.25, 0.3) is 11.3 Å². The van der Waals surface area contributed by atoms with E-state index in [1.54, 1.807) is 30.5 Å².